The first-order valence-electron chi connectivity index (χ1n) is 40.5. The van der Waals surface area contributed by atoms with Crippen LogP contribution in [-0.4, -0.2) is 66.3 Å². The second-order valence-electron chi connectivity index (χ2n) is 35.5. The van der Waals surface area contributed by atoms with E-state index < -0.39 is 39.2 Å². The number of anilines is 6. The van der Waals surface area contributed by atoms with Crippen molar-refractivity contribution in [3.05, 3.63) is 215 Å². The number of nitrogens with zero attached hydrogens (tertiary/aromatic N) is 7. The van der Waals surface area contributed by atoms with Crippen LogP contribution >= 0.6 is 58.0 Å². The number of nitrogens with two attached hydrogens (primary N) is 6. The fourth-order valence-corrected chi connectivity index (χ4v) is 17.3. The van der Waals surface area contributed by atoms with Gasteiger partial charge in [-0.25, -0.2) is 9.97 Å². The van der Waals surface area contributed by atoms with Gasteiger partial charge in [-0.05, 0) is 209 Å². The van der Waals surface area contributed by atoms with Crippen molar-refractivity contribution in [1.29, 1.82) is 0 Å². The molecule has 3 saturated carbocycles. The lowest BCUT2D eigenvalue weighted by molar-refractivity contribution is -0.679. The second-order valence-corrected chi connectivity index (χ2v) is 37.4. The highest BCUT2D eigenvalue weighted by molar-refractivity contribution is 6.38. The predicted octanol–water partition coefficient (Wildman–Crippen LogP) is 21.1. The lowest BCUT2D eigenvalue weighted by Crippen LogP contribution is -2.31. The van der Waals surface area contributed by atoms with Gasteiger partial charge in [-0.2, -0.15) is 4.57 Å². The van der Waals surface area contributed by atoms with Crippen LogP contribution in [0.25, 0.3) is 100 Å². The van der Waals surface area contributed by atoms with Gasteiger partial charge in [0, 0.05) is 104 Å². The number of hydrogen-bond acceptors (Lipinski definition) is 26. The molecule has 0 radical (unpaired) electrons. The Labute approximate surface area is 745 Å². The standard InChI is InChI=1S/C17H17ClN2O2.C16H15ClN2O2.C13H16ClN2O2.2C13H15ClN2O2.C11H13NO2.C10H12N2O2/c1-9-4-6-10(7-5-9)16-20-12-8-11(19)13(17(2,3)21)14(18)15(12)22-16;1-16(2,20)12-10(18)8-11-14(13(12)17)21-15(19-11)9-6-4-3-5-7-9;1-13(2,17)10-8(15)5-9-12(11(10)14)16(6-18-9)7-3-4-7;1-13(2,17)9-8(15)5-7-11(6-3-4-6)16-18-12(7)10(9)14;1-13(2,17)10-8(15)5-7(14)9-11(6-3-4-6)16-18-12(9)10;1-7-10-8(11(2,3)13)5-4-6-9(10)14-12-7;1-10(2,13)9-8-6(11)4-3-5-7(8)14-12-9/h4-8,21H,19H2,1-3H3;3-8,20H,18H2,1-2H3;5-7,17H,3-4,15H2,1-2H3;2*5-6,17H,3-4,15H2,1-2H3;4-6,13H,1-3H3;3-5,13H,11H2,1-2H3/q;;+1;;;;. The molecule has 3 fully saturated rings. The number of oxazole rings is 3. The Morgan fingerprint density at radius 1 is 0.384 bits per heavy atom. The summed E-state index contributed by atoms with van der Waals surface area (Å²) >= 11 is 31.7. The third kappa shape index (κ3) is 19.6. The van der Waals surface area contributed by atoms with E-state index in [1.807, 2.05) is 91.2 Å². The van der Waals surface area contributed by atoms with Crippen LogP contribution in [0.2, 0.25) is 25.1 Å². The summed E-state index contributed by atoms with van der Waals surface area (Å²) < 4.78 is 40.0. The van der Waals surface area contributed by atoms with E-state index in [1.165, 1.54) is 0 Å². The number of benzene rings is 9. The summed E-state index contributed by atoms with van der Waals surface area (Å²) in [7, 11) is 0. The molecular formula is C93H103Cl5N13O14+. The van der Waals surface area contributed by atoms with Gasteiger partial charge >= 0.3 is 6.39 Å². The molecule has 3 aliphatic carbocycles. The second kappa shape index (κ2) is 34.5. The molecule has 7 heterocycles. The molecule has 0 aliphatic heterocycles. The number of hydrogen-bond donors (Lipinski definition) is 13. The minimum Gasteiger partial charge on any atom is -0.434 e. The smallest absolute Gasteiger partial charge is 0.335 e. The highest BCUT2D eigenvalue weighted by atomic mass is 35.5. The van der Waals surface area contributed by atoms with Gasteiger partial charge in [0.2, 0.25) is 17.4 Å². The van der Waals surface area contributed by atoms with Crippen molar-refractivity contribution in [1.82, 2.24) is 30.6 Å². The van der Waals surface area contributed by atoms with Crippen molar-refractivity contribution in [3.63, 3.8) is 0 Å². The number of rotatable bonds is 12. The number of aliphatic hydroxyl groups is 7. The molecule has 0 saturated heterocycles. The van der Waals surface area contributed by atoms with Crippen LogP contribution in [0.5, 0.6) is 0 Å². The van der Waals surface area contributed by atoms with Gasteiger partial charge in [-0.1, -0.05) is 133 Å². The number of halogens is 5. The minimum absolute atomic E-state index is 0.298. The lowest BCUT2D eigenvalue weighted by Gasteiger charge is -2.21. The van der Waals surface area contributed by atoms with Crippen molar-refractivity contribution in [3.8, 4) is 22.9 Å². The van der Waals surface area contributed by atoms with E-state index in [2.05, 4.69) is 30.6 Å². The summed E-state index contributed by atoms with van der Waals surface area (Å²) in [6.07, 6.45) is 8.44. The molecule has 0 spiro atoms. The highest BCUT2D eigenvalue weighted by Gasteiger charge is 2.40. The van der Waals surface area contributed by atoms with Gasteiger partial charge in [-0.3, -0.25) is 0 Å². The number of nitrogen functional groups attached to an aromatic ring is 6. The molecular weight excluding hydrogens is 1700 g/mol. The van der Waals surface area contributed by atoms with Crippen molar-refractivity contribution < 1.29 is 71.7 Å². The van der Waals surface area contributed by atoms with Crippen molar-refractivity contribution in [2.24, 2.45) is 0 Å². The maximum atomic E-state index is 10.2. The minimum atomic E-state index is -1.16. The topological polar surface area (TPSA) is 471 Å². The van der Waals surface area contributed by atoms with Crippen LogP contribution in [0.4, 0.5) is 34.1 Å². The molecule has 19 N–H and O–H groups in total. The summed E-state index contributed by atoms with van der Waals surface area (Å²) in [5, 5.41) is 91.9. The molecule has 32 heteroatoms. The molecule has 658 valence electrons. The summed E-state index contributed by atoms with van der Waals surface area (Å²) in [5.41, 5.74) is 46.2. The molecule has 27 nitrogen and oxygen atoms in total. The van der Waals surface area contributed by atoms with Crippen LogP contribution in [0.3, 0.4) is 0 Å². The van der Waals surface area contributed by atoms with Gasteiger partial charge in [0.05, 0.1) is 92.5 Å². The van der Waals surface area contributed by atoms with Crippen molar-refractivity contribution in [2.45, 2.75) is 206 Å². The number of aryl methyl sites for hydroxylation is 2. The van der Waals surface area contributed by atoms with Crippen LogP contribution in [-0.2, 0) is 39.2 Å². The average molecular weight is 1800 g/mol. The van der Waals surface area contributed by atoms with E-state index in [-0.39, 0.29) is 0 Å². The van der Waals surface area contributed by atoms with E-state index in [0.717, 1.165) is 105 Å². The molecule has 9 aromatic carbocycles. The van der Waals surface area contributed by atoms with Gasteiger partial charge in [-0.15, -0.1) is 0 Å². The maximum absolute atomic E-state index is 10.2. The van der Waals surface area contributed by atoms with Crippen molar-refractivity contribution >= 4 is 169 Å². The van der Waals surface area contributed by atoms with Crippen LogP contribution in [0, 0.1) is 13.8 Å². The first kappa shape index (κ1) is 91.9. The normalized spacial score (nSPS) is 14.0. The van der Waals surface area contributed by atoms with Gasteiger partial charge in [0.1, 0.15) is 27.4 Å². The van der Waals surface area contributed by atoms with Gasteiger partial charge in [0.25, 0.3) is 5.52 Å². The first-order valence-corrected chi connectivity index (χ1v) is 42.3. The third-order valence-corrected chi connectivity index (χ3v) is 23.0. The summed E-state index contributed by atoms with van der Waals surface area (Å²) in [4.78, 5) is 8.86. The van der Waals surface area contributed by atoms with E-state index in [4.69, 9.17) is 124 Å². The Kier molecular flexibility index (Phi) is 25.4. The molecule has 125 heavy (non-hydrogen) atoms. The molecule has 3 aliphatic rings. The van der Waals surface area contributed by atoms with Crippen LogP contribution in [0.1, 0.15) is 215 Å². The lowest BCUT2D eigenvalue weighted by atomic mass is 9.94. The van der Waals surface area contributed by atoms with E-state index in [1.54, 1.807) is 152 Å². The monoisotopic (exact) mass is 1800 g/mol. The summed E-state index contributed by atoms with van der Waals surface area (Å²) in [6, 6.07) is 37.3. The summed E-state index contributed by atoms with van der Waals surface area (Å²) in [5.74, 6) is 1.85. The van der Waals surface area contributed by atoms with Crippen LogP contribution in [0.15, 0.2) is 159 Å². The Hall–Kier alpha value is -10.8. The molecule has 0 atom stereocenters. The Balaban J connectivity index is 0.000000126. The molecule has 0 unspecified atom stereocenters. The van der Waals surface area contributed by atoms with E-state index in [0.29, 0.717) is 172 Å². The summed E-state index contributed by atoms with van der Waals surface area (Å²) in [6.45, 7) is 27.2. The van der Waals surface area contributed by atoms with E-state index >= 15 is 0 Å². The fourth-order valence-electron chi connectivity index (χ4n) is 15.1. The Bertz CT molecular complexity index is 6670. The molecule has 16 aromatic rings. The zero-order chi connectivity index (χ0) is 91.2. The Morgan fingerprint density at radius 2 is 0.832 bits per heavy atom. The molecule has 19 rings (SSSR count). The van der Waals surface area contributed by atoms with Crippen LogP contribution < -0.4 is 39.0 Å². The van der Waals surface area contributed by atoms with E-state index in [9.17, 15) is 35.7 Å². The quantitative estimate of drug-likeness (QED) is 0.0399. The average Bonchev–Trinajstić information content (AvgIpc) is 1.62. The first-order chi connectivity index (χ1) is 58.3. The zero-order valence-corrected chi connectivity index (χ0v) is 75.9. The number of aromatic nitrogens is 7. The zero-order valence-electron chi connectivity index (χ0n) is 72.1. The Morgan fingerprint density at radius 3 is 1.34 bits per heavy atom. The largest absolute Gasteiger partial charge is 0.434 e. The third-order valence-electron chi connectivity index (χ3n) is 21.3. The molecule has 0 bridgehead atoms. The SMILES string of the molecule is CC(C)(O)c1c(N)cc(Cl)c2c(C3CC3)noc12.CC(C)(O)c1c(N)cc2c(C3CC3)noc2c1Cl.CC(C)(O)c1c(N)cc2nc(-c3ccccc3)oc2c1Cl.CC(C)(O)c1c(N)cc2oc[n+](C3CC3)c2c1Cl.CC(C)(O)c1noc2cccc(N)c12.Cc1ccc(-c2nc3cc(N)c(C(C)(C)O)c(Cl)c3o2)cc1.Cc1noc2cccc(C(C)(C)O)c12. The predicted molar refractivity (Wildman–Crippen MR) is 491 cm³/mol. The van der Waals surface area contributed by atoms with Gasteiger partial charge in [0.15, 0.2) is 39.5 Å². The maximum Gasteiger partial charge on any atom is 0.335 e. The fraction of sp³-hybridized carbons (Fsp3) is 0.344. The van der Waals surface area contributed by atoms with Crippen molar-refractivity contribution in [2.75, 3.05) is 34.4 Å². The van der Waals surface area contributed by atoms with Gasteiger partial charge < -0.3 is 101 Å². The molecule has 7 aromatic heterocycles. The number of fused-ring (bicyclic) bond motifs is 7. The highest BCUT2D eigenvalue weighted by Crippen LogP contribution is 2.51. The molecule has 0 amide bonds.